The zero-order chi connectivity index (χ0) is 11.4. The van der Waals surface area contributed by atoms with Gasteiger partial charge in [-0.05, 0) is 49.0 Å². The molecule has 0 atom stereocenters. The third kappa shape index (κ3) is 2.96. The third-order valence-corrected chi connectivity index (χ3v) is 3.18. The average molecular weight is 235 g/mol. The molecule has 0 heterocycles. The number of hydrogen-bond donors (Lipinski definition) is 0. The number of carbonyl (C=O) groups excluding carboxylic acids is 1. The second-order valence-corrected chi connectivity index (χ2v) is 4.64. The molecule has 0 bridgehead atoms. The SMILES string of the molecule is O=C(Cc1ccc(Cl)cc1)C1=CCCCC1. The number of halogens is 1. The summed E-state index contributed by atoms with van der Waals surface area (Å²) in [6, 6.07) is 7.51. The first kappa shape index (κ1) is 11.4. The monoisotopic (exact) mass is 234 g/mol. The van der Waals surface area contributed by atoms with Crippen molar-refractivity contribution in [3.8, 4) is 0 Å². The zero-order valence-electron chi connectivity index (χ0n) is 9.21. The Morgan fingerprint density at radius 2 is 1.94 bits per heavy atom. The van der Waals surface area contributed by atoms with Gasteiger partial charge in [0.15, 0.2) is 5.78 Å². The maximum absolute atomic E-state index is 12.0. The molecule has 1 nitrogen and oxygen atoms in total. The van der Waals surface area contributed by atoms with Crippen molar-refractivity contribution in [3.05, 3.63) is 46.5 Å². The highest BCUT2D eigenvalue weighted by molar-refractivity contribution is 6.30. The van der Waals surface area contributed by atoms with Gasteiger partial charge in [0.2, 0.25) is 0 Å². The molecule has 0 saturated heterocycles. The summed E-state index contributed by atoms with van der Waals surface area (Å²) < 4.78 is 0. The highest BCUT2D eigenvalue weighted by atomic mass is 35.5. The van der Waals surface area contributed by atoms with Crippen LogP contribution < -0.4 is 0 Å². The number of carbonyl (C=O) groups is 1. The molecular weight excluding hydrogens is 220 g/mol. The highest BCUT2D eigenvalue weighted by Crippen LogP contribution is 2.20. The molecule has 0 aromatic heterocycles. The van der Waals surface area contributed by atoms with E-state index < -0.39 is 0 Å². The van der Waals surface area contributed by atoms with Crippen LogP contribution in [0.25, 0.3) is 0 Å². The van der Waals surface area contributed by atoms with Crippen LogP contribution in [0, 0.1) is 0 Å². The quantitative estimate of drug-likeness (QED) is 0.774. The molecule has 16 heavy (non-hydrogen) atoms. The van der Waals surface area contributed by atoms with Crippen molar-refractivity contribution in [1.82, 2.24) is 0 Å². The zero-order valence-corrected chi connectivity index (χ0v) is 9.96. The van der Waals surface area contributed by atoms with Crippen molar-refractivity contribution < 1.29 is 4.79 Å². The van der Waals surface area contributed by atoms with E-state index in [1.807, 2.05) is 24.3 Å². The van der Waals surface area contributed by atoms with E-state index in [2.05, 4.69) is 6.08 Å². The van der Waals surface area contributed by atoms with E-state index in [-0.39, 0.29) is 5.78 Å². The van der Waals surface area contributed by atoms with E-state index >= 15 is 0 Å². The fraction of sp³-hybridized carbons (Fsp3) is 0.357. The molecular formula is C14H15ClO. The lowest BCUT2D eigenvalue weighted by atomic mass is 9.93. The minimum Gasteiger partial charge on any atom is -0.294 e. The molecule has 1 aromatic carbocycles. The van der Waals surface area contributed by atoms with Gasteiger partial charge in [-0.1, -0.05) is 29.8 Å². The van der Waals surface area contributed by atoms with Gasteiger partial charge < -0.3 is 0 Å². The Hall–Kier alpha value is -1.08. The van der Waals surface area contributed by atoms with E-state index in [1.54, 1.807) is 0 Å². The minimum atomic E-state index is 0.266. The second-order valence-electron chi connectivity index (χ2n) is 4.20. The number of allylic oxidation sites excluding steroid dienone is 2. The van der Waals surface area contributed by atoms with Crippen LogP contribution in [0.5, 0.6) is 0 Å². The molecule has 0 amide bonds. The Morgan fingerprint density at radius 1 is 1.19 bits per heavy atom. The topological polar surface area (TPSA) is 17.1 Å². The Balaban J connectivity index is 2.01. The van der Waals surface area contributed by atoms with Crippen LogP contribution in [0.3, 0.4) is 0 Å². The molecule has 0 saturated carbocycles. The van der Waals surface area contributed by atoms with Crippen molar-refractivity contribution in [2.75, 3.05) is 0 Å². The van der Waals surface area contributed by atoms with Gasteiger partial charge >= 0.3 is 0 Å². The molecule has 0 aliphatic heterocycles. The molecule has 0 unspecified atom stereocenters. The summed E-state index contributed by atoms with van der Waals surface area (Å²) in [6.45, 7) is 0. The molecule has 0 spiro atoms. The van der Waals surface area contributed by atoms with Crippen LogP contribution in [-0.2, 0) is 11.2 Å². The van der Waals surface area contributed by atoms with Crippen LogP contribution in [0.4, 0.5) is 0 Å². The number of rotatable bonds is 3. The van der Waals surface area contributed by atoms with E-state index in [0.717, 1.165) is 30.4 Å². The average Bonchev–Trinajstić information content (AvgIpc) is 2.33. The largest absolute Gasteiger partial charge is 0.294 e. The maximum atomic E-state index is 12.0. The van der Waals surface area contributed by atoms with Crippen LogP contribution in [0.2, 0.25) is 5.02 Å². The van der Waals surface area contributed by atoms with Crippen LogP contribution >= 0.6 is 11.6 Å². The summed E-state index contributed by atoms with van der Waals surface area (Å²) in [5.41, 5.74) is 2.06. The first-order valence-corrected chi connectivity index (χ1v) is 6.10. The third-order valence-electron chi connectivity index (χ3n) is 2.93. The van der Waals surface area contributed by atoms with E-state index in [1.165, 1.54) is 6.42 Å². The van der Waals surface area contributed by atoms with Gasteiger partial charge in [0, 0.05) is 11.4 Å². The summed E-state index contributed by atoms with van der Waals surface area (Å²) in [6.07, 6.45) is 6.98. The number of ketones is 1. The molecule has 1 aliphatic rings. The van der Waals surface area contributed by atoms with Gasteiger partial charge in [-0.2, -0.15) is 0 Å². The molecule has 0 radical (unpaired) electrons. The van der Waals surface area contributed by atoms with Crippen molar-refractivity contribution in [2.45, 2.75) is 32.1 Å². The molecule has 2 rings (SSSR count). The Labute approximate surface area is 101 Å². The van der Waals surface area contributed by atoms with Crippen molar-refractivity contribution >= 4 is 17.4 Å². The summed E-state index contributed by atoms with van der Waals surface area (Å²) in [7, 11) is 0. The highest BCUT2D eigenvalue weighted by Gasteiger charge is 2.12. The van der Waals surface area contributed by atoms with Crippen LogP contribution in [0.15, 0.2) is 35.9 Å². The fourth-order valence-electron chi connectivity index (χ4n) is 1.99. The smallest absolute Gasteiger partial charge is 0.162 e. The first-order chi connectivity index (χ1) is 7.75. The summed E-state index contributed by atoms with van der Waals surface area (Å²) in [4.78, 5) is 12.0. The lowest BCUT2D eigenvalue weighted by Crippen LogP contribution is -2.08. The summed E-state index contributed by atoms with van der Waals surface area (Å²) in [5, 5.41) is 0.716. The number of Topliss-reactive ketones (excluding diaryl/α,β-unsaturated/α-hetero) is 1. The van der Waals surface area contributed by atoms with Gasteiger partial charge in [0.1, 0.15) is 0 Å². The predicted octanol–water partition coefficient (Wildman–Crippen LogP) is 3.95. The van der Waals surface area contributed by atoms with Gasteiger partial charge in [-0.3, -0.25) is 4.79 Å². The van der Waals surface area contributed by atoms with Crippen LogP contribution in [-0.4, -0.2) is 5.78 Å². The van der Waals surface area contributed by atoms with E-state index in [4.69, 9.17) is 11.6 Å². The summed E-state index contributed by atoms with van der Waals surface area (Å²) in [5.74, 6) is 0.266. The summed E-state index contributed by atoms with van der Waals surface area (Å²) >= 11 is 5.80. The van der Waals surface area contributed by atoms with Crippen LogP contribution in [0.1, 0.15) is 31.2 Å². The van der Waals surface area contributed by atoms with Crippen molar-refractivity contribution in [1.29, 1.82) is 0 Å². The van der Waals surface area contributed by atoms with Gasteiger partial charge in [0.25, 0.3) is 0 Å². The molecule has 84 valence electrons. The number of hydrogen-bond acceptors (Lipinski definition) is 1. The predicted molar refractivity (Wildman–Crippen MR) is 66.7 cm³/mol. The van der Waals surface area contributed by atoms with E-state index in [0.29, 0.717) is 11.4 Å². The normalized spacial score (nSPS) is 15.7. The fourth-order valence-corrected chi connectivity index (χ4v) is 2.12. The molecule has 0 fully saturated rings. The lowest BCUT2D eigenvalue weighted by molar-refractivity contribution is -0.115. The van der Waals surface area contributed by atoms with Crippen molar-refractivity contribution in [2.24, 2.45) is 0 Å². The lowest BCUT2D eigenvalue weighted by Gasteiger charge is -2.11. The van der Waals surface area contributed by atoms with Crippen molar-refractivity contribution in [3.63, 3.8) is 0 Å². The molecule has 1 aromatic rings. The Kier molecular flexibility index (Phi) is 3.79. The first-order valence-electron chi connectivity index (χ1n) is 5.72. The van der Waals surface area contributed by atoms with Gasteiger partial charge in [0.05, 0.1) is 0 Å². The van der Waals surface area contributed by atoms with Gasteiger partial charge in [-0.15, -0.1) is 0 Å². The van der Waals surface area contributed by atoms with Gasteiger partial charge in [-0.25, -0.2) is 0 Å². The second kappa shape index (κ2) is 5.31. The molecule has 0 N–H and O–H groups in total. The Morgan fingerprint density at radius 3 is 2.56 bits per heavy atom. The Bertz CT molecular complexity index is 403. The number of benzene rings is 1. The van der Waals surface area contributed by atoms with E-state index in [9.17, 15) is 4.79 Å². The standard InChI is InChI=1S/C14H15ClO/c15-13-8-6-11(7-9-13)10-14(16)12-4-2-1-3-5-12/h4,6-9H,1-3,5,10H2. The minimum absolute atomic E-state index is 0.266. The molecule has 1 aliphatic carbocycles. The molecule has 2 heteroatoms. The maximum Gasteiger partial charge on any atom is 0.162 e.